The number of fused-ring (bicyclic) bond motifs is 2. The molecule has 3 atom stereocenters. The quantitative estimate of drug-likeness (QED) is 0.696. The lowest BCUT2D eigenvalue weighted by atomic mass is 9.71. The molecule has 3 unspecified atom stereocenters. The average molecular weight is 184 g/mol. The van der Waals surface area contributed by atoms with Gasteiger partial charge in [0, 0.05) is 13.2 Å². The molecule has 2 saturated carbocycles. The van der Waals surface area contributed by atoms with Gasteiger partial charge in [0.15, 0.2) is 0 Å². The normalized spacial score (nSPS) is 42.9. The van der Waals surface area contributed by atoms with Crippen molar-refractivity contribution in [1.82, 2.24) is 0 Å². The maximum absolute atomic E-state index is 9.07. The predicted octanol–water partition coefficient (Wildman–Crippen LogP) is 1.56. The minimum Gasteiger partial charge on any atom is -0.396 e. The van der Waals surface area contributed by atoms with Gasteiger partial charge in [0.05, 0.1) is 0 Å². The second-order valence-corrected chi connectivity index (χ2v) is 4.89. The Bertz CT molecular complexity index is 181. The zero-order valence-electron chi connectivity index (χ0n) is 8.21. The van der Waals surface area contributed by atoms with Crippen molar-refractivity contribution in [3.63, 3.8) is 0 Å². The monoisotopic (exact) mass is 184 g/mol. The Balaban J connectivity index is 2.03. The molecule has 2 N–H and O–H groups in total. The first-order chi connectivity index (χ1) is 6.30. The van der Waals surface area contributed by atoms with Crippen LogP contribution in [0.25, 0.3) is 0 Å². The highest BCUT2D eigenvalue weighted by Gasteiger charge is 2.50. The largest absolute Gasteiger partial charge is 0.396 e. The highest BCUT2D eigenvalue weighted by molar-refractivity contribution is 5.00. The third kappa shape index (κ3) is 1.50. The summed E-state index contributed by atoms with van der Waals surface area (Å²) in [7, 11) is 0. The van der Waals surface area contributed by atoms with Crippen LogP contribution >= 0.6 is 0 Å². The molecule has 0 saturated heterocycles. The summed E-state index contributed by atoms with van der Waals surface area (Å²) >= 11 is 0. The van der Waals surface area contributed by atoms with Gasteiger partial charge in [-0.15, -0.1) is 0 Å². The Hall–Kier alpha value is -0.0800. The standard InChI is InChI=1S/C11H20O2/c12-5-2-10-7-9-1-3-11(10,8-9)4-6-13/h9-10,12-13H,1-8H2. The molecule has 76 valence electrons. The highest BCUT2D eigenvalue weighted by Crippen LogP contribution is 2.60. The van der Waals surface area contributed by atoms with Gasteiger partial charge in [0.1, 0.15) is 0 Å². The topological polar surface area (TPSA) is 40.5 Å². The summed E-state index contributed by atoms with van der Waals surface area (Å²) in [6, 6.07) is 0. The van der Waals surface area contributed by atoms with E-state index < -0.39 is 0 Å². The van der Waals surface area contributed by atoms with E-state index in [0.29, 0.717) is 24.5 Å². The summed E-state index contributed by atoms with van der Waals surface area (Å²) < 4.78 is 0. The fraction of sp³-hybridized carbons (Fsp3) is 1.00. The van der Waals surface area contributed by atoms with Gasteiger partial charge < -0.3 is 10.2 Å². The van der Waals surface area contributed by atoms with Crippen LogP contribution in [0.1, 0.15) is 38.5 Å². The lowest BCUT2D eigenvalue weighted by Crippen LogP contribution is -2.27. The average Bonchev–Trinajstić information content (AvgIpc) is 2.63. The highest BCUT2D eigenvalue weighted by atomic mass is 16.3. The second kappa shape index (κ2) is 3.58. The predicted molar refractivity (Wildman–Crippen MR) is 51.3 cm³/mol. The first-order valence-electron chi connectivity index (χ1n) is 5.52. The van der Waals surface area contributed by atoms with Crippen LogP contribution in [0.5, 0.6) is 0 Å². The summed E-state index contributed by atoms with van der Waals surface area (Å²) in [4.78, 5) is 0. The number of aliphatic hydroxyl groups excluding tert-OH is 2. The van der Waals surface area contributed by atoms with Gasteiger partial charge in [-0.25, -0.2) is 0 Å². The first-order valence-corrected chi connectivity index (χ1v) is 5.52. The van der Waals surface area contributed by atoms with Crippen molar-refractivity contribution < 1.29 is 10.2 Å². The van der Waals surface area contributed by atoms with Gasteiger partial charge in [-0.05, 0) is 55.8 Å². The van der Waals surface area contributed by atoms with Crippen molar-refractivity contribution in [3.8, 4) is 0 Å². The molecule has 2 aliphatic rings. The van der Waals surface area contributed by atoms with Crippen LogP contribution < -0.4 is 0 Å². The summed E-state index contributed by atoms with van der Waals surface area (Å²) in [5, 5.41) is 18.0. The van der Waals surface area contributed by atoms with Crippen molar-refractivity contribution in [2.75, 3.05) is 13.2 Å². The van der Waals surface area contributed by atoms with Crippen LogP contribution in [0.4, 0.5) is 0 Å². The van der Waals surface area contributed by atoms with Crippen molar-refractivity contribution in [3.05, 3.63) is 0 Å². The van der Waals surface area contributed by atoms with E-state index >= 15 is 0 Å². The molecule has 2 bridgehead atoms. The van der Waals surface area contributed by atoms with E-state index in [1.165, 1.54) is 25.7 Å². The smallest absolute Gasteiger partial charge is 0.0436 e. The number of hydrogen-bond acceptors (Lipinski definition) is 2. The van der Waals surface area contributed by atoms with Gasteiger partial charge in [-0.2, -0.15) is 0 Å². The van der Waals surface area contributed by atoms with E-state index in [2.05, 4.69) is 0 Å². The summed E-state index contributed by atoms with van der Waals surface area (Å²) in [6.07, 6.45) is 7.20. The van der Waals surface area contributed by atoms with E-state index in [-0.39, 0.29) is 0 Å². The van der Waals surface area contributed by atoms with Gasteiger partial charge >= 0.3 is 0 Å². The molecule has 0 radical (unpaired) electrons. The SMILES string of the molecule is OCCC1CC2CCC1(CCO)C2. The molecule has 2 nitrogen and oxygen atoms in total. The van der Waals surface area contributed by atoms with Crippen molar-refractivity contribution in [1.29, 1.82) is 0 Å². The Morgan fingerprint density at radius 2 is 2.08 bits per heavy atom. The zero-order valence-corrected chi connectivity index (χ0v) is 8.21. The molecule has 0 heterocycles. The third-order valence-corrected chi connectivity index (χ3v) is 4.32. The van der Waals surface area contributed by atoms with E-state index in [9.17, 15) is 0 Å². The van der Waals surface area contributed by atoms with Crippen molar-refractivity contribution >= 4 is 0 Å². The first kappa shape index (κ1) is 9.47. The fourth-order valence-electron chi connectivity index (χ4n) is 3.73. The molecule has 2 rings (SSSR count). The molecular formula is C11H20O2. The van der Waals surface area contributed by atoms with Crippen LogP contribution in [-0.4, -0.2) is 23.4 Å². The number of aliphatic hydroxyl groups is 2. The summed E-state index contributed by atoms with van der Waals surface area (Å²) in [6.45, 7) is 0.652. The van der Waals surface area contributed by atoms with Gasteiger partial charge in [-0.3, -0.25) is 0 Å². The molecule has 0 amide bonds. The number of rotatable bonds is 4. The van der Waals surface area contributed by atoms with Crippen LogP contribution in [0.2, 0.25) is 0 Å². The van der Waals surface area contributed by atoms with E-state index in [0.717, 1.165) is 18.8 Å². The summed E-state index contributed by atoms with van der Waals surface area (Å²) in [5.41, 5.74) is 0.419. The maximum atomic E-state index is 9.07. The Morgan fingerprint density at radius 3 is 2.69 bits per heavy atom. The second-order valence-electron chi connectivity index (χ2n) is 4.89. The molecule has 0 aromatic rings. The van der Waals surface area contributed by atoms with E-state index in [4.69, 9.17) is 10.2 Å². The fourth-order valence-corrected chi connectivity index (χ4v) is 3.73. The van der Waals surface area contributed by atoms with Crippen molar-refractivity contribution in [2.24, 2.45) is 17.3 Å². The zero-order chi connectivity index (χ0) is 9.31. The van der Waals surface area contributed by atoms with Gasteiger partial charge in [-0.1, -0.05) is 0 Å². The molecule has 2 fully saturated rings. The molecule has 2 aliphatic carbocycles. The molecular weight excluding hydrogens is 164 g/mol. The summed E-state index contributed by atoms with van der Waals surface area (Å²) in [5.74, 6) is 1.60. The lowest BCUT2D eigenvalue weighted by Gasteiger charge is -2.34. The Kier molecular flexibility index (Phi) is 2.61. The Morgan fingerprint density at radius 1 is 1.23 bits per heavy atom. The molecule has 2 heteroatoms. The van der Waals surface area contributed by atoms with Crippen molar-refractivity contribution in [2.45, 2.75) is 38.5 Å². The Labute approximate surface area is 80.0 Å². The van der Waals surface area contributed by atoms with Crippen LogP contribution in [0.3, 0.4) is 0 Å². The van der Waals surface area contributed by atoms with Crippen LogP contribution in [0.15, 0.2) is 0 Å². The van der Waals surface area contributed by atoms with Gasteiger partial charge in [0.2, 0.25) is 0 Å². The minimum absolute atomic E-state index is 0.324. The van der Waals surface area contributed by atoms with Crippen LogP contribution in [0, 0.1) is 17.3 Å². The lowest BCUT2D eigenvalue weighted by molar-refractivity contribution is 0.103. The molecule has 0 aromatic carbocycles. The minimum atomic E-state index is 0.324. The van der Waals surface area contributed by atoms with E-state index in [1.54, 1.807) is 0 Å². The molecule has 0 aromatic heterocycles. The molecule has 0 aliphatic heterocycles. The van der Waals surface area contributed by atoms with Gasteiger partial charge in [0.25, 0.3) is 0 Å². The number of hydrogen-bond donors (Lipinski definition) is 2. The third-order valence-electron chi connectivity index (χ3n) is 4.32. The van der Waals surface area contributed by atoms with E-state index in [1.807, 2.05) is 0 Å². The molecule has 13 heavy (non-hydrogen) atoms. The molecule has 0 spiro atoms. The van der Waals surface area contributed by atoms with Crippen LogP contribution in [-0.2, 0) is 0 Å². The maximum Gasteiger partial charge on any atom is 0.0436 e.